The third-order valence-corrected chi connectivity index (χ3v) is 3.24. The molecule has 0 spiro atoms. The molecule has 0 saturated heterocycles. The summed E-state index contributed by atoms with van der Waals surface area (Å²) in [6, 6.07) is 6.41. The predicted molar refractivity (Wildman–Crippen MR) is 86.2 cm³/mol. The molecule has 2 aromatic heterocycles. The second-order valence-corrected chi connectivity index (χ2v) is 5.68. The summed E-state index contributed by atoms with van der Waals surface area (Å²) in [5.41, 5.74) is 0.341. The number of carboxylic acid groups (broad SMARTS) is 1. The molecule has 0 aliphatic rings. The van der Waals surface area contributed by atoms with E-state index in [-0.39, 0.29) is 29.8 Å². The zero-order valence-electron chi connectivity index (χ0n) is 14.1. The Hall–Kier alpha value is -2.83. The Morgan fingerprint density at radius 1 is 1.38 bits per heavy atom. The van der Waals surface area contributed by atoms with E-state index in [0.29, 0.717) is 17.4 Å². The third-order valence-electron chi connectivity index (χ3n) is 3.24. The van der Waals surface area contributed by atoms with E-state index in [1.165, 1.54) is 11.0 Å². The lowest BCUT2D eigenvalue weighted by molar-refractivity contribution is 0.0694. The molecule has 0 aliphatic heterocycles. The lowest BCUT2D eigenvalue weighted by Crippen LogP contribution is -2.27. The number of carbonyl (C=O) groups excluding carboxylic acids is 1. The Morgan fingerprint density at radius 2 is 2.08 bits per heavy atom. The molecule has 0 unspecified atom stereocenters. The smallest absolute Gasteiger partial charge is 0.339 e. The van der Waals surface area contributed by atoms with Crippen LogP contribution < -0.4 is 4.74 Å². The van der Waals surface area contributed by atoms with Crippen LogP contribution in [0.2, 0.25) is 0 Å². The van der Waals surface area contributed by atoms with Crippen LogP contribution in [0.15, 0.2) is 28.7 Å². The number of aryl methyl sites for hydroxylation is 1. The van der Waals surface area contributed by atoms with Crippen LogP contribution in [0.5, 0.6) is 5.88 Å². The number of carboxylic acids is 1. The van der Waals surface area contributed by atoms with Crippen molar-refractivity contribution in [3.8, 4) is 5.88 Å². The van der Waals surface area contributed by atoms with Gasteiger partial charge in [-0.05, 0) is 32.9 Å². The Bertz CT molecular complexity index is 751. The highest BCUT2D eigenvalue weighted by molar-refractivity contribution is 5.92. The molecule has 0 bridgehead atoms. The quantitative estimate of drug-likeness (QED) is 0.874. The second-order valence-electron chi connectivity index (χ2n) is 5.68. The van der Waals surface area contributed by atoms with Gasteiger partial charge in [-0.1, -0.05) is 6.07 Å². The Labute approximate surface area is 139 Å². The Morgan fingerprint density at radius 3 is 2.67 bits per heavy atom. The predicted octanol–water partition coefficient (Wildman–Crippen LogP) is 2.74. The lowest BCUT2D eigenvalue weighted by atomic mass is 10.2. The number of hydrogen-bond donors (Lipinski definition) is 1. The molecule has 1 N–H and O–H groups in total. The summed E-state index contributed by atoms with van der Waals surface area (Å²) in [4.78, 5) is 29.1. The maximum atomic E-state index is 12.5. The van der Waals surface area contributed by atoms with Crippen molar-refractivity contribution in [2.24, 2.45) is 0 Å². The van der Waals surface area contributed by atoms with E-state index in [0.717, 1.165) is 0 Å². The van der Waals surface area contributed by atoms with Crippen molar-refractivity contribution in [3.05, 3.63) is 47.0 Å². The van der Waals surface area contributed by atoms with Crippen LogP contribution in [0.1, 0.15) is 46.2 Å². The Kier molecular flexibility index (Phi) is 5.23. The highest BCUT2D eigenvalue weighted by Gasteiger charge is 2.19. The monoisotopic (exact) mass is 332 g/mol. The first-order chi connectivity index (χ1) is 11.3. The topological polar surface area (TPSA) is 92.9 Å². The molecule has 7 nitrogen and oxygen atoms in total. The van der Waals surface area contributed by atoms with Gasteiger partial charge in [0.25, 0.3) is 5.91 Å². The van der Waals surface area contributed by atoms with Gasteiger partial charge in [0.05, 0.1) is 12.6 Å². The zero-order chi connectivity index (χ0) is 17.9. The summed E-state index contributed by atoms with van der Waals surface area (Å²) in [5.74, 6) is -0.280. The van der Waals surface area contributed by atoms with Gasteiger partial charge in [-0.15, -0.1) is 0 Å². The number of carbonyl (C=O) groups is 2. The molecule has 128 valence electrons. The van der Waals surface area contributed by atoms with E-state index in [9.17, 15) is 9.59 Å². The number of aromatic carboxylic acids is 1. The van der Waals surface area contributed by atoms with Gasteiger partial charge in [-0.3, -0.25) is 4.79 Å². The number of furan rings is 1. The minimum Gasteiger partial charge on any atom is -0.478 e. The molecule has 1 amide bonds. The van der Waals surface area contributed by atoms with Gasteiger partial charge >= 0.3 is 5.97 Å². The first-order valence-electron chi connectivity index (χ1n) is 7.49. The lowest BCUT2D eigenvalue weighted by Gasteiger charge is -2.16. The number of hydrogen-bond acceptors (Lipinski definition) is 5. The van der Waals surface area contributed by atoms with Crippen molar-refractivity contribution >= 4 is 11.9 Å². The molecule has 0 atom stereocenters. The van der Waals surface area contributed by atoms with E-state index in [1.807, 2.05) is 13.8 Å². The summed E-state index contributed by atoms with van der Waals surface area (Å²) < 4.78 is 10.9. The van der Waals surface area contributed by atoms with Crippen LogP contribution in [0, 0.1) is 6.92 Å². The van der Waals surface area contributed by atoms with Crippen molar-refractivity contribution in [3.63, 3.8) is 0 Å². The van der Waals surface area contributed by atoms with Gasteiger partial charge in [-0.25, -0.2) is 9.78 Å². The normalized spacial score (nSPS) is 10.7. The van der Waals surface area contributed by atoms with E-state index in [1.54, 1.807) is 32.2 Å². The molecule has 7 heteroatoms. The molecule has 0 radical (unpaired) electrons. The van der Waals surface area contributed by atoms with Crippen LogP contribution in [-0.2, 0) is 6.54 Å². The standard InChI is InChI=1S/C17H20N2O5/c1-10(2)23-15-7-5-6-14(18-15)16(20)19(4)9-12-8-13(17(21)22)11(3)24-12/h5-8,10H,9H2,1-4H3,(H,21,22). The van der Waals surface area contributed by atoms with Crippen LogP contribution in [0.3, 0.4) is 0 Å². The zero-order valence-corrected chi connectivity index (χ0v) is 14.1. The van der Waals surface area contributed by atoms with Crippen LogP contribution >= 0.6 is 0 Å². The van der Waals surface area contributed by atoms with Gasteiger partial charge in [0, 0.05) is 13.1 Å². The van der Waals surface area contributed by atoms with Crippen molar-refractivity contribution in [1.29, 1.82) is 0 Å². The molecule has 0 saturated carbocycles. The SMILES string of the molecule is Cc1oc(CN(C)C(=O)c2cccc(OC(C)C)n2)cc1C(=O)O. The van der Waals surface area contributed by atoms with Crippen molar-refractivity contribution in [2.75, 3.05) is 7.05 Å². The number of nitrogens with zero attached hydrogens (tertiary/aromatic N) is 2. The molecule has 2 aromatic rings. The molecule has 2 heterocycles. The third kappa shape index (κ3) is 4.13. The fourth-order valence-corrected chi connectivity index (χ4v) is 2.18. The highest BCUT2D eigenvalue weighted by Crippen LogP contribution is 2.17. The first-order valence-corrected chi connectivity index (χ1v) is 7.49. The minimum atomic E-state index is -1.06. The molecular weight excluding hydrogens is 312 g/mol. The number of ether oxygens (including phenoxy) is 1. The van der Waals surface area contributed by atoms with Gasteiger partial charge in [0.1, 0.15) is 22.8 Å². The van der Waals surface area contributed by atoms with E-state index in [4.69, 9.17) is 14.3 Å². The maximum Gasteiger partial charge on any atom is 0.339 e. The van der Waals surface area contributed by atoms with E-state index in [2.05, 4.69) is 4.98 Å². The largest absolute Gasteiger partial charge is 0.478 e. The van der Waals surface area contributed by atoms with Crippen molar-refractivity contribution in [1.82, 2.24) is 9.88 Å². The average molecular weight is 332 g/mol. The number of pyridine rings is 1. The highest BCUT2D eigenvalue weighted by atomic mass is 16.5. The fourth-order valence-electron chi connectivity index (χ4n) is 2.18. The number of amides is 1. The van der Waals surface area contributed by atoms with Crippen molar-refractivity contribution < 1.29 is 23.8 Å². The summed E-state index contributed by atoms with van der Waals surface area (Å²) in [6.07, 6.45) is -0.0406. The summed E-state index contributed by atoms with van der Waals surface area (Å²) in [7, 11) is 1.60. The molecular formula is C17H20N2O5. The van der Waals surface area contributed by atoms with E-state index >= 15 is 0 Å². The van der Waals surface area contributed by atoms with Gasteiger partial charge in [0.15, 0.2) is 0 Å². The number of rotatable bonds is 6. The van der Waals surface area contributed by atoms with Crippen LogP contribution in [-0.4, -0.2) is 40.0 Å². The molecule has 2 rings (SSSR count). The summed E-state index contributed by atoms with van der Waals surface area (Å²) in [5, 5.41) is 9.04. The maximum absolute atomic E-state index is 12.5. The van der Waals surface area contributed by atoms with Gasteiger partial charge in [0.2, 0.25) is 5.88 Å². The second kappa shape index (κ2) is 7.16. The molecule has 0 fully saturated rings. The van der Waals surface area contributed by atoms with Gasteiger partial charge < -0.3 is 19.2 Å². The average Bonchev–Trinajstić information content (AvgIpc) is 2.86. The minimum absolute atomic E-state index is 0.0406. The summed E-state index contributed by atoms with van der Waals surface area (Å²) in [6.45, 7) is 5.47. The molecule has 24 heavy (non-hydrogen) atoms. The van der Waals surface area contributed by atoms with Gasteiger partial charge in [-0.2, -0.15) is 0 Å². The first kappa shape index (κ1) is 17.5. The molecule has 0 aromatic carbocycles. The van der Waals surface area contributed by atoms with E-state index < -0.39 is 5.97 Å². The van der Waals surface area contributed by atoms with Crippen LogP contribution in [0.25, 0.3) is 0 Å². The Balaban J connectivity index is 2.12. The van der Waals surface area contributed by atoms with Crippen LogP contribution in [0.4, 0.5) is 0 Å². The summed E-state index contributed by atoms with van der Waals surface area (Å²) >= 11 is 0. The fraction of sp³-hybridized carbons (Fsp3) is 0.353. The number of aromatic nitrogens is 1. The molecule has 0 aliphatic carbocycles. The van der Waals surface area contributed by atoms with Crippen molar-refractivity contribution in [2.45, 2.75) is 33.4 Å².